The van der Waals surface area contributed by atoms with Gasteiger partial charge in [0, 0.05) is 24.5 Å². The molecule has 1 aliphatic heterocycles. The molecule has 0 radical (unpaired) electrons. The van der Waals surface area contributed by atoms with Gasteiger partial charge in [0.15, 0.2) is 0 Å². The van der Waals surface area contributed by atoms with Gasteiger partial charge in [0.05, 0.1) is 18.9 Å². The van der Waals surface area contributed by atoms with Crippen LogP contribution in [0.15, 0.2) is 41.8 Å². The Morgan fingerprint density at radius 3 is 2.89 bits per heavy atom. The van der Waals surface area contributed by atoms with Crippen molar-refractivity contribution < 1.29 is 14.3 Å². The molecule has 2 amide bonds. The van der Waals surface area contributed by atoms with Crippen LogP contribution in [-0.4, -0.2) is 36.9 Å². The van der Waals surface area contributed by atoms with Gasteiger partial charge in [-0.1, -0.05) is 18.2 Å². The van der Waals surface area contributed by atoms with Crippen molar-refractivity contribution in [1.29, 1.82) is 0 Å². The summed E-state index contributed by atoms with van der Waals surface area (Å²) in [5.74, 6) is 0.874. The summed E-state index contributed by atoms with van der Waals surface area (Å²) >= 11 is 1.59. The fourth-order valence-corrected chi connectivity index (χ4v) is 4.19. The molecule has 0 saturated carbocycles. The van der Waals surface area contributed by atoms with E-state index in [2.05, 4.69) is 5.32 Å². The molecule has 0 bridgehead atoms. The zero-order valence-corrected chi connectivity index (χ0v) is 16.7. The van der Waals surface area contributed by atoms with E-state index >= 15 is 0 Å². The highest BCUT2D eigenvalue weighted by atomic mass is 32.1. The van der Waals surface area contributed by atoms with E-state index in [9.17, 15) is 9.59 Å². The van der Waals surface area contributed by atoms with Crippen LogP contribution in [0.2, 0.25) is 0 Å². The number of piperidine rings is 1. The van der Waals surface area contributed by atoms with Gasteiger partial charge in [-0.05, 0) is 48.9 Å². The van der Waals surface area contributed by atoms with Crippen LogP contribution in [0.4, 0.5) is 0 Å². The van der Waals surface area contributed by atoms with Gasteiger partial charge < -0.3 is 15.0 Å². The molecule has 27 heavy (non-hydrogen) atoms. The Morgan fingerprint density at radius 1 is 1.30 bits per heavy atom. The zero-order chi connectivity index (χ0) is 19.3. The summed E-state index contributed by atoms with van der Waals surface area (Å²) in [4.78, 5) is 28.4. The number of ether oxygens (including phenoxy) is 1. The number of benzene rings is 1. The lowest BCUT2D eigenvalue weighted by Crippen LogP contribution is -2.52. The number of thiophene rings is 1. The number of nitrogens with zero attached hydrogens (tertiary/aromatic N) is 1. The number of nitrogens with one attached hydrogen (secondary N) is 1. The SMILES string of the molecule is COc1cccc(CNC(=O)[C@@]2(C)CCCN(C(=O)Cc3cccs3)C2)c1. The first-order valence-corrected chi connectivity index (χ1v) is 10.1. The Hall–Kier alpha value is -2.34. The Kier molecular flexibility index (Phi) is 6.16. The summed E-state index contributed by atoms with van der Waals surface area (Å²) in [6.07, 6.45) is 2.05. The molecule has 2 heterocycles. The van der Waals surface area contributed by atoms with E-state index in [4.69, 9.17) is 4.74 Å². The average molecular weight is 387 g/mol. The number of amides is 2. The van der Waals surface area contributed by atoms with Crippen molar-refractivity contribution in [3.05, 3.63) is 52.2 Å². The summed E-state index contributed by atoms with van der Waals surface area (Å²) < 4.78 is 5.23. The first-order valence-electron chi connectivity index (χ1n) is 9.21. The Morgan fingerprint density at radius 2 is 2.15 bits per heavy atom. The molecule has 0 aliphatic carbocycles. The van der Waals surface area contributed by atoms with Crippen LogP contribution in [0.5, 0.6) is 5.75 Å². The predicted octanol–water partition coefficient (Wildman–Crippen LogP) is 3.24. The lowest BCUT2D eigenvalue weighted by Gasteiger charge is -2.39. The molecule has 0 spiro atoms. The summed E-state index contributed by atoms with van der Waals surface area (Å²) in [6.45, 7) is 3.61. The molecule has 1 atom stereocenters. The molecule has 5 nitrogen and oxygen atoms in total. The van der Waals surface area contributed by atoms with Gasteiger partial charge in [-0.2, -0.15) is 0 Å². The third kappa shape index (κ3) is 4.89. The summed E-state index contributed by atoms with van der Waals surface area (Å²) in [5, 5.41) is 5.02. The normalized spacial score (nSPS) is 19.6. The summed E-state index contributed by atoms with van der Waals surface area (Å²) in [7, 11) is 1.63. The number of hydrogen-bond acceptors (Lipinski definition) is 4. The number of methoxy groups -OCH3 is 1. The maximum atomic E-state index is 12.9. The van der Waals surface area contributed by atoms with Crippen LogP contribution in [0, 0.1) is 5.41 Å². The minimum atomic E-state index is -0.553. The molecule has 1 aromatic heterocycles. The zero-order valence-electron chi connectivity index (χ0n) is 15.9. The van der Waals surface area contributed by atoms with Gasteiger partial charge in [0.2, 0.25) is 11.8 Å². The van der Waals surface area contributed by atoms with E-state index in [-0.39, 0.29) is 11.8 Å². The monoisotopic (exact) mass is 386 g/mol. The highest BCUT2D eigenvalue weighted by molar-refractivity contribution is 7.10. The van der Waals surface area contributed by atoms with Gasteiger partial charge >= 0.3 is 0 Å². The van der Waals surface area contributed by atoms with E-state index in [1.165, 1.54) is 0 Å². The smallest absolute Gasteiger partial charge is 0.227 e. The van der Waals surface area contributed by atoms with Gasteiger partial charge in [0.1, 0.15) is 5.75 Å². The van der Waals surface area contributed by atoms with Crippen molar-refractivity contribution >= 4 is 23.2 Å². The third-order valence-electron chi connectivity index (χ3n) is 5.09. The largest absolute Gasteiger partial charge is 0.497 e. The second-order valence-electron chi connectivity index (χ2n) is 7.27. The van der Waals surface area contributed by atoms with Crippen LogP contribution in [-0.2, 0) is 22.6 Å². The first kappa shape index (κ1) is 19.4. The Bertz CT molecular complexity index is 790. The summed E-state index contributed by atoms with van der Waals surface area (Å²) in [5.41, 5.74) is 0.440. The Balaban J connectivity index is 1.58. The average Bonchev–Trinajstić information content (AvgIpc) is 3.19. The van der Waals surface area contributed by atoms with E-state index in [0.717, 1.165) is 35.6 Å². The number of carbonyl (C=O) groups excluding carboxylic acids is 2. The number of carbonyl (C=O) groups is 2. The number of likely N-dealkylation sites (tertiary alicyclic amines) is 1. The molecule has 144 valence electrons. The minimum absolute atomic E-state index is 0.000978. The fraction of sp³-hybridized carbons (Fsp3) is 0.429. The van der Waals surface area contributed by atoms with Crippen molar-refractivity contribution in [2.24, 2.45) is 5.41 Å². The maximum absolute atomic E-state index is 12.9. The van der Waals surface area contributed by atoms with Crippen LogP contribution < -0.4 is 10.1 Å². The number of hydrogen-bond donors (Lipinski definition) is 1. The molecule has 1 fully saturated rings. The molecule has 3 rings (SSSR count). The molecular weight excluding hydrogens is 360 g/mol. The molecule has 0 unspecified atom stereocenters. The van der Waals surface area contributed by atoms with Gasteiger partial charge in [-0.3, -0.25) is 9.59 Å². The second kappa shape index (κ2) is 8.57. The molecule has 2 aromatic rings. The minimum Gasteiger partial charge on any atom is -0.497 e. The second-order valence-corrected chi connectivity index (χ2v) is 8.30. The lowest BCUT2D eigenvalue weighted by atomic mass is 9.80. The molecule has 1 saturated heterocycles. The Labute approximate surface area is 164 Å². The molecule has 1 aromatic carbocycles. The van der Waals surface area contributed by atoms with Crippen molar-refractivity contribution in [3.8, 4) is 5.75 Å². The highest BCUT2D eigenvalue weighted by Crippen LogP contribution is 2.30. The maximum Gasteiger partial charge on any atom is 0.227 e. The molecule has 6 heteroatoms. The van der Waals surface area contributed by atoms with Gasteiger partial charge in [-0.15, -0.1) is 11.3 Å². The van der Waals surface area contributed by atoms with Crippen molar-refractivity contribution in [1.82, 2.24) is 10.2 Å². The summed E-state index contributed by atoms with van der Waals surface area (Å²) in [6, 6.07) is 11.6. The van der Waals surface area contributed by atoms with E-state index in [0.29, 0.717) is 19.5 Å². The fourth-order valence-electron chi connectivity index (χ4n) is 3.49. The van der Waals surface area contributed by atoms with E-state index < -0.39 is 5.41 Å². The third-order valence-corrected chi connectivity index (χ3v) is 5.97. The van der Waals surface area contributed by atoms with Crippen LogP contribution in [0.1, 0.15) is 30.2 Å². The standard InChI is InChI=1S/C21H26N2O3S/c1-21(20(25)22-14-16-6-3-7-17(12-16)26-2)9-5-10-23(15-21)19(24)13-18-8-4-11-27-18/h3-4,6-8,11-12H,5,9-10,13-15H2,1-2H3,(H,22,25)/t21-/m0/s1. The van der Waals surface area contributed by atoms with Crippen molar-refractivity contribution in [2.45, 2.75) is 32.7 Å². The van der Waals surface area contributed by atoms with Crippen LogP contribution >= 0.6 is 11.3 Å². The highest BCUT2D eigenvalue weighted by Gasteiger charge is 2.39. The number of rotatable bonds is 6. The predicted molar refractivity (Wildman–Crippen MR) is 107 cm³/mol. The van der Waals surface area contributed by atoms with Gasteiger partial charge in [-0.25, -0.2) is 0 Å². The quantitative estimate of drug-likeness (QED) is 0.829. The van der Waals surface area contributed by atoms with E-state index in [1.807, 2.05) is 53.6 Å². The van der Waals surface area contributed by atoms with Crippen molar-refractivity contribution in [2.75, 3.05) is 20.2 Å². The van der Waals surface area contributed by atoms with Crippen LogP contribution in [0.3, 0.4) is 0 Å². The van der Waals surface area contributed by atoms with E-state index in [1.54, 1.807) is 18.4 Å². The molecule has 1 aliphatic rings. The molecular formula is C21H26N2O3S. The van der Waals surface area contributed by atoms with Gasteiger partial charge in [0.25, 0.3) is 0 Å². The lowest BCUT2D eigenvalue weighted by molar-refractivity contribution is -0.140. The topological polar surface area (TPSA) is 58.6 Å². The van der Waals surface area contributed by atoms with Crippen LogP contribution in [0.25, 0.3) is 0 Å². The van der Waals surface area contributed by atoms with Crippen molar-refractivity contribution in [3.63, 3.8) is 0 Å². The first-order chi connectivity index (χ1) is 13.0. The molecule has 1 N–H and O–H groups in total.